The molecule has 4 aromatic rings. The molecule has 0 radical (unpaired) electrons. The summed E-state index contributed by atoms with van der Waals surface area (Å²) in [6.07, 6.45) is 3.41. The van der Waals surface area contributed by atoms with Gasteiger partial charge in [-0.25, -0.2) is 9.07 Å². The van der Waals surface area contributed by atoms with Gasteiger partial charge in [-0.2, -0.15) is 10.2 Å². The smallest absolute Gasteiger partial charge is 0.226 e. The van der Waals surface area contributed by atoms with E-state index in [-0.39, 0.29) is 11.9 Å². The predicted octanol–water partition coefficient (Wildman–Crippen LogP) is 5.46. The Morgan fingerprint density at radius 1 is 1.02 bits per heavy atom. The van der Waals surface area contributed by atoms with Crippen molar-refractivity contribution in [2.24, 2.45) is 0 Å². The van der Waals surface area contributed by atoms with Crippen molar-refractivity contribution in [3.05, 3.63) is 65.7 Å². The Bertz CT molecular complexity index is 1600. The summed E-state index contributed by atoms with van der Waals surface area (Å²) in [6.45, 7) is 11.7. The van der Waals surface area contributed by atoms with Gasteiger partial charge in [-0.3, -0.25) is 9.69 Å². The number of aryl methyl sites for hydroxylation is 2. The van der Waals surface area contributed by atoms with Crippen LogP contribution in [0, 0.1) is 19.7 Å². The molecule has 2 aromatic carbocycles. The first kappa shape index (κ1) is 29.0. The van der Waals surface area contributed by atoms with Gasteiger partial charge in [0.1, 0.15) is 17.0 Å². The maximum Gasteiger partial charge on any atom is 0.226 e. The van der Waals surface area contributed by atoms with E-state index >= 15 is 4.39 Å². The van der Waals surface area contributed by atoms with E-state index < -0.39 is 5.82 Å². The number of carbonyl (C=O) groups is 1. The first-order chi connectivity index (χ1) is 20.9. The first-order valence-electron chi connectivity index (χ1n) is 15.4. The number of likely N-dealkylation sites (tertiary alicyclic amines) is 1. The second-order valence-electron chi connectivity index (χ2n) is 11.5. The molecule has 1 unspecified atom stereocenters. The topological polar surface area (TPSA) is 79.6 Å². The molecule has 9 nitrogen and oxygen atoms in total. The SMILES string of the molecule is CCOc1ccc(-n2nc3c(N4CCC(N5CCC(N(C(=O)CC)c6ccccc6)CC5)C4)nnc(C)c3c2C)c(F)c1. The molecule has 1 amide bonds. The van der Waals surface area contributed by atoms with E-state index in [9.17, 15) is 4.79 Å². The number of rotatable bonds is 8. The molecule has 0 N–H and O–H groups in total. The lowest BCUT2D eigenvalue weighted by atomic mass is 9.99. The third kappa shape index (κ3) is 5.56. The van der Waals surface area contributed by atoms with Gasteiger partial charge in [0.15, 0.2) is 11.6 Å². The van der Waals surface area contributed by atoms with Crippen LogP contribution in [-0.4, -0.2) is 75.7 Å². The van der Waals surface area contributed by atoms with Crippen molar-refractivity contribution in [3.63, 3.8) is 0 Å². The van der Waals surface area contributed by atoms with Crippen LogP contribution in [0.5, 0.6) is 5.75 Å². The largest absolute Gasteiger partial charge is 0.494 e. The normalized spacial score (nSPS) is 18.0. The Kier molecular flexibility index (Phi) is 8.30. The molecule has 2 aromatic heterocycles. The lowest BCUT2D eigenvalue weighted by Gasteiger charge is -2.40. The van der Waals surface area contributed by atoms with Gasteiger partial charge in [0, 0.05) is 56.4 Å². The molecule has 6 rings (SSSR count). The molecule has 4 heterocycles. The molecule has 1 atom stereocenters. The molecule has 2 aliphatic heterocycles. The summed E-state index contributed by atoms with van der Waals surface area (Å²) >= 11 is 0. The Hall–Kier alpha value is -4.05. The van der Waals surface area contributed by atoms with Gasteiger partial charge in [-0.1, -0.05) is 25.1 Å². The average Bonchev–Trinajstić information content (AvgIpc) is 3.64. The maximum absolute atomic E-state index is 15.2. The second-order valence-corrected chi connectivity index (χ2v) is 11.5. The van der Waals surface area contributed by atoms with E-state index in [1.165, 1.54) is 6.07 Å². The fourth-order valence-electron chi connectivity index (χ4n) is 6.73. The van der Waals surface area contributed by atoms with Crippen LogP contribution in [0.1, 0.15) is 50.9 Å². The van der Waals surface area contributed by atoms with E-state index in [1.54, 1.807) is 16.8 Å². The van der Waals surface area contributed by atoms with Gasteiger partial charge in [-0.05, 0) is 64.3 Å². The molecule has 2 aliphatic rings. The van der Waals surface area contributed by atoms with Crippen molar-refractivity contribution in [1.29, 1.82) is 0 Å². The number of ether oxygens (including phenoxy) is 1. The first-order valence-corrected chi connectivity index (χ1v) is 15.4. The Balaban J connectivity index is 1.19. The number of anilines is 2. The van der Waals surface area contributed by atoms with Crippen LogP contribution in [-0.2, 0) is 4.79 Å². The van der Waals surface area contributed by atoms with E-state index in [0.717, 1.165) is 79.2 Å². The van der Waals surface area contributed by atoms with Crippen LogP contribution >= 0.6 is 0 Å². The lowest BCUT2D eigenvalue weighted by molar-refractivity contribution is -0.119. The minimum Gasteiger partial charge on any atom is -0.494 e. The van der Waals surface area contributed by atoms with Crippen molar-refractivity contribution >= 4 is 28.3 Å². The van der Waals surface area contributed by atoms with E-state index in [4.69, 9.17) is 9.84 Å². The Morgan fingerprint density at radius 3 is 2.49 bits per heavy atom. The number of benzene rings is 2. The van der Waals surface area contributed by atoms with Gasteiger partial charge in [0.05, 0.1) is 23.4 Å². The highest BCUT2D eigenvalue weighted by atomic mass is 19.1. The van der Waals surface area contributed by atoms with E-state index in [1.807, 2.05) is 62.9 Å². The summed E-state index contributed by atoms with van der Waals surface area (Å²) < 4.78 is 22.3. The number of hydrogen-bond acceptors (Lipinski definition) is 7. The third-order valence-corrected chi connectivity index (χ3v) is 8.89. The van der Waals surface area contributed by atoms with Crippen LogP contribution in [0.4, 0.5) is 15.9 Å². The van der Waals surface area contributed by atoms with Crippen LogP contribution in [0.3, 0.4) is 0 Å². The lowest BCUT2D eigenvalue weighted by Crippen LogP contribution is -2.50. The van der Waals surface area contributed by atoms with Crippen LogP contribution in [0.15, 0.2) is 48.5 Å². The van der Waals surface area contributed by atoms with Gasteiger partial charge in [0.2, 0.25) is 5.91 Å². The number of aromatic nitrogens is 4. The van der Waals surface area contributed by atoms with Gasteiger partial charge >= 0.3 is 0 Å². The van der Waals surface area contributed by atoms with E-state index in [2.05, 4.69) is 20.0 Å². The molecule has 0 aliphatic carbocycles. The zero-order valence-electron chi connectivity index (χ0n) is 25.5. The number of carbonyl (C=O) groups excluding carboxylic acids is 1. The quantitative estimate of drug-likeness (QED) is 0.272. The van der Waals surface area contributed by atoms with Gasteiger partial charge in [0.25, 0.3) is 0 Å². The van der Waals surface area contributed by atoms with Gasteiger partial charge < -0.3 is 14.5 Å². The highest BCUT2D eigenvalue weighted by molar-refractivity contribution is 5.94. The number of fused-ring (bicyclic) bond motifs is 1. The summed E-state index contributed by atoms with van der Waals surface area (Å²) in [7, 11) is 0. The monoisotopic (exact) mass is 585 g/mol. The number of halogens is 1. The zero-order valence-corrected chi connectivity index (χ0v) is 25.5. The molecule has 10 heteroatoms. The number of nitrogens with zero attached hydrogens (tertiary/aromatic N) is 7. The second kappa shape index (κ2) is 12.3. The molecule has 2 fully saturated rings. The molecule has 0 spiro atoms. The molecule has 2 saturated heterocycles. The van der Waals surface area contributed by atoms with Crippen molar-refractivity contribution in [1.82, 2.24) is 24.9 Å². The van der Waals surface area contributed by atoms with Crippen LogP contribution < -0.4 is 14.5 Å². The molecule has 43 heavy (non-hydrogen) atoms. The molecule has 0 bridgehead atoms. The van der Waals surface area contributed by atoms with Crippen molar-refractivity contribution < 1.29 is 13.9 Å². The summed E-state index contributed by atoms with van der Waals surface area (Å²) in [5, 5.41) is 14.9. The van der Waals surface area contributed by atoms with Gasteiger partial charge in [-0.15, -0.1) is 5.10 Å². The summed E-state index contributed by atoms with van der Waals surface area (Å²) in [5.74, 6) is 1.03. The number of piperidine rings is 1. The fourth-order valence-corrected chi connectivity index (χ4v) is 6.73. The summed E-state index contributed by atoms with van der Waals surface area (Å²) in [6, 6.07) is 15.5. The van der Waals surface area contributed by atoms with Crippen molar-refractivity contribution in [2.75, 3.05) is 42.6 Å². The Morgan fingerprint density at radius 2 is 1.79 bits per heavy atom. The number of hydrogen-bond donors (Lipinski definition) is 0. The summed E-state index contributed by atoms with van der Waals surface area (Å²) in [5.41, 5.74) is 3.71. The minimum atomic E-state index is -0.391. The zero-order chi connectivity index (χ0) is 30.1. The number of para-hydroxylation sites is 1. The van der Waals surface area contributed by atoms with E-state index in [0.29, 0.717) is 30.5 Å². The predicted molar refractivity (Wildman–Crippen MR) is 167 cm³/mol. The highest BCUT2D eigenvalue weighted by Crippen LogP contribution is 2.34. The molecule has 0 saturated carbocycles. The highest BCUT2D eigenvalue weighted by Gasteiger charge is 2.35. The molecular weight excluding hydrogens is 545 g/mol. The van der Waals surface area contributed by atoms with Crippen molar-refractivity contribution in [3.8, 4) is 11.4 Å². The maximum atomic E-state index is 15.2. The number of amides is 1. The summed E-state index contributed by atoms with van der Waals surface area (Å²) in [4.78, 5) is 19.8. The molecular formula is C33H40FN7O2. The molecule has 226 valence electrons. The third-order valence-electron chi connectivity index (χ3n) is 8.89. The van der Waals surface area contributed by atoms with Crippen LogP contribution in [0.2, 0.25) is 0 Å². The van der Waals surface area contributed by atoms with Crippen LogP contribution in [0.25, 0.3) is 16.6 Å². The fraction of sp³-hybridized carbons (Fsp3) is 0.455. The standard InChI is InChI=1S/C33H40FN7O2/c1-5-30(42)40(24-10-8-7-9-11-24)25-14-17-38(18-15-25)26-16-19-39(21-26)33-32-31(22(3)35-36-33)23(4)41(37-32)29-13-12-27(43-6-2)20-28(29)34/h7-13,20,25-26H,5-6,14-19,21H2,1-4H3. The minimum absolute atomic E-state index is 0.179. The Labute approximate surface area is 252 Å². The van der Waals surface area contributed by atoms with Crippen molar-refractivity contribution in [2.45, 2.75) is 65.5 Å². The average molecular weight is 586 g/mol.